The van der Waals surface area contributed by atoms with Crippen LogP contribution in [0.4, 0.5) is 4.79 Å². The van der Waals surface area contributed by atoms with E-state index in [1.807, 2.05) is 28.1 Å². The normalized spacial score (nSPS) is 23.8. The van der Waals surface area contributed by atoms with E-state index in [0.29, 0.717) is 19.5 Å². The van der Waals surface area contributed by atoms with Crippen molar-refractivity contribution < 1.29 is 9.59 Å². The number of likely N-dealkylation sites (tertiary alicyclic amines) is 2. The molecule has 1 aromatic rings. The molecular formula is C19H28N4O2. The molecule has 2 aliphatic heterocycles. The zero-order valence-corrected chi connectivity index (χ0v) is 15.0. The zero-order chi connectivity index (χ0) is 17.7. The minimum absolute atomic E-state index is 0.0386. The number of urea groups is 1. The summed E-state index contributed by atoms with van der Waals surface area (Å²) in [5.74, 6) is 0.210. The number of nitrogens with zero attached hydrogens (tertiary/aromatic N) is 3. The van der Waals surface area contributed by atoms with Gasteiger partial charge in [0.15, 0.2) is 0 Å². The first-order chi connectivity index (χ1) is 12.1. The molecule has 0 saturated carbocycles. The molecule has 1 N–H and O–H groups in total. The van der Waals surface area contributed by atoms with Crippen LogP contribution >= 0.6 is 0 Å². The highest BCUT2D eigenvalue weighted by atomic mass is 16.2. The van der Waals surface area contributed by atoms with Crippen LogP contribution in [0.15, 0.2) is 24.5 Å². The lowest BCUT2D eigenvalue weighted by atomic mass is 9.73. The van der Waals surface area contributed by atoms with E-state index in [-0.39, 0.29) is 17.4 Å². The van der Waals surface area contributed by atoms with E-state index in [4.69, 9.17) is 0 Å². The highest BCUT2D eigenvalue weighted by Gasteiger charge is 2.42. The maximum atomic E-state index is 12.4. The maximum absolute atomic E-state index is 12.4. The molecule has 6 heteroatoms. The molecule has 2 saturated heterocycles. The van der Waals surface area contributed by atoms with Crippen LogP contribution in [0, 0.1) is 5.41 Å². The maximum Gasteiger partial charge on any atom is 0.317 e. The molecule has 0 radical (unpaired) electrons. The van der Waals surface area contributed by atoms with Gasteiger partial charge in [-0.05, 0) is 37.3 Å². The quantitative estimate of drug-likeness (QED) is 0.912. The fourth-order valence-corrected chi connectivity index (χ4v) is 4.02. The number of carbonyl (C=O) groups is 2. The predicted molar refractivity (Wildman–Crippen MR) is 95.8 cm³/mol. The first-order valence-electron chi connectivity index (χ1n) is 9.31. The van der Waals surface area contributed by atoms with Crippen molar-refractivity contribution in [3.8, 4) is 0 Å². The van der Waals surface area contributed by atoms with Crippen LogP contribution in [0.25, 0.3) is 0 Å². The number of aromatic nitrogens is 1. The number of rotatable bonds is 4. The summed E-state index contributed by atoms with van der Waals surface area (Å²) in [7, 11) is 0. The second-order valence-electron chi connectivity index (χ2n) is 7.37. The molecule has 3 amide bonds. The molecule has 0 aromatic carbocycles. The molecule has 3 heterocycles. The molecule has 0 aliphatic carbocycles. The number of nitrogens with one attached hydrogen (secondary N) is 1. The minimum Gasteiger partial charge on any atom is -0.338 e. The second kappa shape index (κ2) is 7.85. The molecule has 1 aromatic heterocycles. The third-order valence-electron chi connectivity index (χ3n) is 5.32. The topological polar surface area (TPSA) is 65.5 Å². The largest absolute Gasteiger partial charge is 0.338 e. The Hall–Kier alpha value is -2.11. The lowest BCUT2D eigenvalue weighted by molar-refractivity contribution is -0.139. The van der Waals surface area contributed by atoms with Crippen molar-refractivity contribution in [3.63, 3.8) is 0 Å². The van der Waals surface area contributed by atoms with E-state index in [2.05, 4.69) is 17.2 Å². The van der Waals surface area contributed by atoms with Gasteiger partial charge in [-0.25, -0.2) is 4.79 Å². The Labute approximate surface area is 149 Å². The Morgan fingerprint density at radius 1 is 1.36 bits per heavy atom. The summed E-state index contributed by atoms with van der Waals surface area (Å²) in [4.78, 5) is 32.8. The molecule has 6 nitrogen and oxygen atoms in total. The van der Waals surface area contributed by atoms with Gasteiger partial charge in [-0.15, -0.1) is 0 Å². The fourth-order valence-electron chi connectivity index (χ4n) is 4.02. The average molecular weight is 344 g/mol. The van der Waals surface area contributed by atoms with Crippen LogP contribution in [0.5, 0.6) is 0 Å². The number of hydrogen-bond acceptors (Lipinski definition) is 3. The van der Waals surface area contributed by atoms with Crippen molar-refractivity contribution in [1.82, 2.24) is 20.1 Å². The molecule has 1 spiro atoms. The Balaban J connectivity index is 1.66. The van der Waals surface area contributed by atoms with E-state index in [1.165, 1.54) is 0 Å². The molecular weight excluding hydrogens is 316 g/mol. The molecule has 2 fully saturated rings. The Kier molecular flexibility index (Phi) is 5.56. The highest BCUT2D eigenvalue weighted by Crippen LogP contribution is 2.39. The van der Waals surface area contributed by atoms with E-state index in [0.717, 1.165) is 50.9 Å². The Morgan fingerprint density at radius 2 is 2.24 bits per heavy atom. The summed E-state index contributed by atoms with van der Waals surface area (Å²) in [6.45, 7) is 5.68. The van der Waals surface area contributed by atoms with Gasteiger partial charge in [0.25, 0.3) is 0 Å². The number of pyridine rings is 1. The van der Waals surface area contributed by atoms with Gasteiger partial charge in [-0.1, -0.05) is 13.0 Å². The first-order valence-corrected chi connectivity index (χ1v) is 9.31. The third kappa shape index (κ3) is 4.30. The van der Waals surface area contributed by atoms with Gasteiger partial charge >= 0.3 is 6.03 Å². The lowest BCUT2D eigenvalue weighted by Gasteiger charge is -2.48. The van der Waals surface area contributed by atoms with Crippen molar-refractivity contribution in [1.29, 1.82) is 0 Å². The van der Waals surface area contributed by atoms with Crippen molar-refractivity contribution >= 4 is 11.9 Å². The molecule has 1 atom stereocenters. The molecule has 136 valence electrons. The van der Waals surface area contributed by atoms with Crippen molar-refractivity contribution in [2.75, 3.05) is 26.2 Å². The summed E-state index contributed by atoms with van der Waals surface area (Å²) in [5, 5.41) is 2.98. The van der Waals surface area contributed by atoms with Crippen molar-refractivity contribution in [3.05, 3.63) is 30.1 Å². The number of carbonyl (C=O) groups excluding carboxylic acids is 2. The van der Waals surface area contributed by atoms with Crippen LogP contribution in [0.2, 0.25) is 0 Å². The SMILES string of the molecule is CCCNC(=O)N1CCCC2(CCC(=O)N(Cc3cccnc3)C2)C1. The van der Waals surface area contributed by atoms with Crippen molar-refractivity contribution in [2.45, 2.75) is 45.6 Å². The van der Waals surface area contributed by atoms with E-state index < -0.39 is 0 Å². The number of amides is 3. The summed E-state index contributed by atoms with van der Waals surface area (Å²) in [5.41, 5.74) is 1.10. The fraction of sp³-hybridized carbons (Fsp3) is 0.632. The molecule has 3 rings (SSSR count). The Morgan fingerprint density at radius 3 is 3.00 bits per heavy atom. The summed E-state index contributed by atoms with van der Waals surface area (Å²) < 4.78 is 0. The van der Waals surface area contributed by atoms with Crippen LogP contribution < -0.4 is 5.32 Å². The number of hydrogen-bond donors (Lipinski definition) is 1. The van der Waals surface area contributed by atoms with Crippen molar-refractivity contribution in [2.24, 2.45) is 5.41 Å². The standard InChI is InChI=1S/C19H28N4O2/c1-2-9-21-18(25)22-11-4-7-19(14-22)8-6-17(24)23(15-19)13-16-5-3-10-20-12-16/h3,5,10,12H,2,4,6-9,11,13-15H2,1H3,(H,21,25). The van der Waals surface area contributed by atoms with Crippen LogP contribution in [0.1, 0.15) is 44.6 Å². The minimum atomic E-state index is 0.0386. The smallest absolute Gasteiger partial charge is 0.317 e. The summed E-state index contributed by atoms with van der Waals surface area (Å²) in [6, 6.07) is 3.95. The molecule has 0 bridgehead atoms. The highest BCUT2D eigenvalue weighted by molar-refractivity contribution is 5.77. The van der Waals surface area contributed by atoms with Gasteiger partial charge in [-0.3, -0.25) is 9.78 Å². The number of piperidine rings is 2. The van der Waals surface area contributed by atoms with Crippen LogP contribution in [-0.4, -0.2) is 52.9 Å². The lowest BCUT2D eigenvalue weighted by Crippen LogP contribution is -2.56. The monoisotopic (exact) mass is 344 g/mol. The van der Waals surface area contributed by atoms with Crippen LogP contribution in [-0.2, 0) is 11.3 Å². The zero-order valence-electron chi connectivity index (χ0n) is 15.0. The third-order valence-corrected chi connectivity index (χ3v) is 5.32. The van der Waals surface area contributed by atoms with Gasteiger partial charge in [0.1, 0.15) is 0 Å². The summed E-state index contributed by atoms with van der Waals surface area (Å²) >= 11 is 0. The second-order valence-corrected chi connectivity index (χ2v) is 7.37. The van der Waals surface area contributed by atoms with Gasteiger partial charge in [-0.2, -0.15) is 0 Å². The molecule has 25 heavy (non-hydrogen) atoms. The Bertz CT molecular complexity index is 607. The van der Waals surface area contributed by atoms with Crippen LogP contribution in [0.3, 0.4) is 0 Å². The van der Waals surface area contributed by atoms with E-state index >= 15 is 0 Å². The van der Waals surface area contributed by atoms with Gasteiger partial charge < -0.3 is 15.1 Å². The van der Waals surface area contributed by atoms with E-state index in [9.17, 15) is 9.59 Å². The first kappa shape index (κ1) is 17.7. The molecule has 1 unspecified atom stereocenters. The van der Waals surface area contributed by atoms with Gasteiger partial charge in [0.05, 0.1) is 0 Å². The van der Waals surface area contributed by atoms with Gasteiger partial charge in [0.2, 0.25) is 5.91 Å². The predicted octanol–water partition coefficient (Wildman–Crippen LogP) is 2.41. The average Bonchev–Trinajstić information content (AvgIpc) is 2.64. The molecule has 2 aliphatic rings. The summed E-state index contributed by atoms with van der Waals surface area (Å²) in [6.07, 6.45) is 8.06. The van der Waals surface area contributed by atoms with E-state index in [1.54, 1.807) is 6.20 Å². The van der Waals surface area contributed by atoms with Gasteiger partial charge in [0, 0.05) is 57.0 Å².